The second kappa shape index (κ2) is 6.44. The van der Waals surface area contributed by atoms with Crippen molar-refractivity contribution in [2.75, 3.05) is 36.5 Å². The maximum atomic E-state index is 5.37. The Morgan fingerprint density at radius 1 is 1.25 bits per heavy atom. The third kappa shape index (κ3) is 3.23. The number of pyridine rings is 1. The summed E-state index contributed by atoms with van der Waals surface area (Å²) in [5, 5.41) is 3.61. The maximum absolute atomic E-state index is 5.37. The Morgan fingerprint density at radius 2 is 2.00 bits per heavy atom. The lowest BCUT2D eigenvalue weighted by Gasteiger charge is -2.28. The van der Waals surface area contributed by atoms with Crippen LogP contribution in [0.2, 0.25) is 0 Å². The average Bonchev–Trinajstić information content (AvgIpc) is 3.03. The molecule has 0 spiro atoms. The molecule has 2 heterocycles. The maximum Gasteiger partial charge on any atom is 0.128 e. The second-order valence-electron chi connectivity index (χ2n) is 5.98. The normalized spacial score (nSPS) is 21.9. The number of hydrogen-bond donors (Lipinski definition) is 1. The van der Waals surface area contributed by atoms with E-state index in [-0.39, 0.29) is 0 Å². The van der Waals surface area contributed by atoms with Crippen molar-refractivity contribution in [1.82, 2.24) is 4.98 Å². The van der Waals surface area contributed by atoms with Crippen LogP contribution in [0.5, 0.6) is 0 Å². The van der Waals surface area contributed by atoms with Crippen molar-refractivity contribution in [2.45, 2.75) is 38.6 Å². The summed E-state index contributed by atoms with van der Waals surface area (Å²) in [5.41, 5.74) is 1.14. The Labute approximate surface area is 121 Å². The molecule has 4 heteroatoms. The molecule has 110 valence electrons. The lowest BCUT2D eigenvalue weighted by Crippen LogP contribution is -2.36. The molecule has 1 saturated carbocycles. The van der Waals surface area contributed by atoms with Gasteiger partial charge < -0.3 is 15.0 Å². The number of hydrogen-bond acceptors (Lipinski definition) is 4. The van der Waals surface area contributed by atoms with Gasteiger partial charge in [-0.05, 0) is 37.8 Å². The van der Waals surface area contributed by atoms with Crippen LogP contribution in [0.3, 0.4) is 0 Å². The van der Waals surface area contributed by atoms with Gasteiger partial charge in [-0.2, -0.15) is 0 Å². The van der Waals surface area contributed by atoms with Crippen LogP contribution in [0.4, 0.5) is 11.5 Å². The summed E-state index contributed by atoms with van der Waals surface area (Å²) < 4.78 is 5.37. The van der Waals surface area contributed by atoms with Crippen molar-refractivity contribution in [1.29, 1.82) is 0 Å². The molecule has 1 aromatic heterocycles. The first-order chi connectivity index (χ1) is 9.83. The van der Waals surface area contributed by atoms with Crippen LogP contribution in [0, 0.1) is 5.92 Å². The summed E-state index contributed by atoms with van der Waals surface area (Å²) >= 11 is 0. The minimum absolute atomic E-state index is 0.550. The van der Waals surface area contributed by atoms with E-state index in [0.717, 1.165) is 43.7 Å². The molecule has 0 radical (unpaired) electrons. The van der Waals surface area contributed by atoms with Gasteiger partial charge in [0.25, 0.3) is 0 Å². The van der Waals surface area contributed by atoms with Gasteiger partial charge >= 0.3 is 0 Å². The molecule has 1 N–H and O–H groups in total. The number of aromatic nitrogens is 1. The van der Waals surface area contributed by atoms with Crippen molar-refractivity contribution in [3.05, 3.63) is 18.3 Å². The quantitative estimate of drug-likeness (QED) is 0.917. The molecule has 1 aromatic rings. The van der Waals surface area contributed by atoms with E-state index in [1.165, 1.54) is 25.7 Å². The predicted molar refractivity (Wildman–Crippen MR) is 82.3 cm³/mol. The summed E-state index contributed by atoms with van der Waals surface area (Å²) in [7, 11) is 0. The van der Waals surface area contributed by atoms with E-state index in [9.17, 15) is 0 Å². The fourth-order valence-corrected chi connectivity index (χ4v) is 3.29. The molecule has 1 saturated heterocycles. The third-order valence-corrected chi connectivity index (χ3v) is 4.58. The van der Waals surface area contributed by atoms with Gasteiger partial charge in [0.15, 0.2) is 0 Å². The molecule has 0 amide bonds. The molecule has 3 rings (SSSR count). The zero-order chi connectivity index (χ0) is 13.8. The monoisotopic (exact) mass is 275 g/mol. The third-order valence-electron chi connectivity index (χ3n) is 4.58. The first-order valence-electron chi connectivity index (χ1n) is 7.88. The molecular formula is C16H25N3O. The van der Waals surface area contributed by atoms with E-state index in [1.807, 2.05) is 6.20 Å². The fourth-order valence-electron chi connectivity index (χ4n) is 3.29. The molecule has 1 aliphatic carbocycles. The van der Waals surface area contributed by atoms with E-state index < -0.39 is 0 Å². The van der Waals surface area contributed by atoms with Gasteiger partial charge in [-0.15, -0.1) is 0 Å². The molecular weight excluding hydrogens is 250 g/mol. The first-order valence-corrected chi connectivity index (χ1v) is 7.88. The Balaban J connectivity index is 1.57. The zero-order valence-electron chi connectivity index (χ0n) is 12.3. The van der Waals surface area contributed by atoms with Crippen LogP contribution >= 0.6 is 0 Å². The molecule has 1 atom stereocenters. The predicted octanol–water partition coefficient (Wildman–Crippen LogP) is 2.91. The Hall–Kier alpha value is -1.29. The van der Waals surface area contributed by atoms with E-state index in [4.69, 9.17) is 4.74 Å². The minimum Gasteiger partial charge on any atom is -0.381 e. The van der Waals surface area contributed by atoms with Crippen LogP contribution in [0.15, 0.2) is 18.3 Å². The van der Waals surface area contributed by atoms with Gasteiger partial charge in [0.2, 0.25) is 0 Å². The average molecular weight is 275 g/mol. The van der Waals surface area contributed by atoms with Gasteiger partial charge in [0.05, 0.1) is 25.1 Å². The van der Waals surface area contributed by atoms with Gasteiger partial charge in [-0.25, -0.2) is 4.98 Å². The van der Waals surface area contributed by atoms with Crippen LogP contribution in [-0.4, -0.2) is 37.3 Å². The summed E-state index contributed by atoms with van der Waals surface area (Å²) in [6.45, 7) is 5.79. The summed E-state index contributed by atoms with van der Waals surface area (Å²) in [6.07, 6.45) is 7.49. The molecule has 1 unspecified atom stereocenters. The van der Waals surface area contributed by atoms with E-state index in [0.29, 0.717) is 6.04 Å². The SMILES string of the molecule is CC(Nc1ccc(N2CCOCC2)nc1)C1CCCC1. The molecule has 20 heavy (non-hydrogen) atoms. The van der Waals surface area contributed by atoms with Crippen molar-refractivity contribution < 1.29 is 4.74 Å². The highest BCUT2D eigenvalue weighted by atomic mass is 16.5. The number of nitrogens with one attached hydrogen (secondary N) is 1. The standard InChI is InChI=1S/C16H25N3O/c1-13(14-4-2-3-5-14)18-15-6-7-16(17-12-15)19-8-10-20-11-9-19/h6-7,12-14,18H,2-5,8-11H2,1H3. The van der Waals surface area contributed by atoms with E-state index in [2.05, 4.69) is 34.3 Å². The van der Waals surface area contributed by atoms with Gasteiger partial charge in [-0.3, -0.25) is 0 Å². The van der Waals surface area contributed by atoms with Crippen LogP contribution < -0.4 is 10.2 Å². The number of anilines is 2. The van der Waals surface area contributed by atoms with Crippen LogP contribution in [-0.2, 0) is 4.74 Å². The van der Waals surface area contributed by atoms with Gasteiger partial charge in [0.1, 0.15) is 5.82 Å². The van der Waals surface area contributed by atoms with Gasteiger partial charge in [-0.1, -0.05) is 12.8 Å². The summed E-state index contributed by atoms with van der Waals surface area (Å²) in [5.74, 6) is 1.89. The molecule has 4 nitrogen and oxygen atoms in total. The molecule has 2 aliphatic rings. The highest BCUT2D eigenvalue weighted by Gasteiger charge is 2.21. The van der Waals surface area contributed by atoms with Crippen molar-refractivity contribution in [3.63, 3.8) is 0 Å². The zero-order valence-corrected chi connectivity index (χ0v) is 12.3. The highest BCUT2D eigenvalue weighted by Crippen LogP contribution is 2.29. The van der Waals surface area contributed by atoms with E-state index in [1.54, 1.807) is 0 Å². The number of nitrogens with zero attached hydrogens (tertiary/aromatic N) is 2. The van der Waals surface area contributed by atoms with Crippen LogP contribution in [0.25, 0.3) is 0 Å². The smallest absolute Gasteiger partial charge is 0.128 e. The highest BCUT2D eigenvalue weighted by molar-refractivity contribution is 5.49. The van der Waals surface area contributed by atoms with Crippen molar-refractivity contribution in [2.24, 2.45) is 5.92 Å². The fraction of sp³-hybridized carbons (Fsp3) is 0.688. The minimum atomic E-state index is 0.550. The van der Waals surface area contributed by atoms with Crippen LogP contribution in [0.1, 0.15) is 32.6 Å². The summed E-state index contributed by atoms with van der Waals surface area (Å²) in [4.78, 5) is 6.88. The first kappa shape index (κ1) is 13.7. The van der Waals surface area contributed by atoms with Crippen molar-refractivity contribution >= 4 is 11.5 Å². The number of morpholine rings is 1. The lowest BCUT2D eigenvalue weighted by molar-refractivity contribution is 0.122. The Morgan fingerprint density at radius 3 is 2.65 bits per heavy atom. The molecule has 1 aliphatic heterocycles. The largest absolute Gasteiger partial charge is 0.381 e. The topological polar surface area (TPSA) is 37.4 Å². The Kier molecular flexibility index (Phi) is 4.41. The van der Waals surface area contributed by atoms with E-state index >= 15 is 0 Å². The number of ether oxygens (including phenoxy) is 1. The molecule has 0 bridgehead atoms. The Bertz CT molecular complexity index is 408. The summed E-state index contributed by atoms with van der Waals surface area (Å²) in [6, 6.07) is 4.83. The molecule has 2 fully saturated rings. The number of rotatable bonds is 4. The van der Waals surface area contributed by atoms with Gasteiger partial charge in [0, 0.05) is 19.1 Å². The van der Waals surface area contributed by atoms with Crippen molar-refractivity contribution in [3.8, 4) is 0 Å². The lowest BCUT2D eigenvalue weighted by atomic mass is 10.00. The molecule has 0 aromatic carbocycles. The second-order valence-corrected chi connectivity index (χ2v) is 5.98.